The molecule has 1 aromatic rings. The predicted octanol–water partition coefficient (Wildman–Crippen LogP) is 1.02. The van der Waals surface area contributed by atoms with Gasteiger partial charge >= 0.3 is 0 Å². The molecule has 0 radical (unpaired) electrons. The van der Waals surface area contributed by atoms with Crippen LogP contribution in [-0.4, -0.2) is 35.0 Å². The van der Waals surface area contributed by atoms with Crippen LogP contribution in [0.15, 0.2) is 29.3 Å². The van der Waals surface area contributed by atoms with Gasteiger partial charge in [0.05, 0.1) is 18.0 Å². The Morgan fingerprint density at radius 1 is 1.53 bits per heavy atom. The number of rotatable bonds is 3. The molecule has 1 aromatic carbocycles. The van der Waals surface area contributed by atoms with Crippen LogP contribution in [0.1, 0.15) is 0 Å². The summed E-state index contributed by atoms with van der Waals surface area (Å²) in [6.07, 6.45) is 0. The lowest BCUT2D eigenvalue weighted by Crippen LogP contribution is -2.20. The molecule has 0 saturated carbocycles. The summed E-state index contributed by atoms with van der Waals surface area (Å²) >= 11 is 1.36. The number of carbonyl (C=O) groups is 1. The molecule has 2 rings (SSSR count). The Kier molecular flexibility index (Phi) is 3.87. The summed E-state index contributed by atoms with van der Waals surface area (Å²) in [4.78, 5) is 15.8. The van der Waals surface area contributed by atoms with Gasteiger partial charge in [0.25, 0.3) is 0 Å². The lowest BCUT2D eigenvalue weighted by atomic mass is 10.3. The van der Waals surface area contributed by atoms with Gasteiger partial charge < -0.3 is 15.7 Å². The van der Waals surface area contributed by atoms with Crippen molar-refractivity contribution >= 4 is 28.5 Å². The first-order valence-electron chi connectivity index (χ1n) is 5.24. The predicted molar refractivity (Wildman–Crippen MR) is 69.5 cm³/mol. The van der Waals surface area contributed by atoms with E-state index in [1.165, 1.54) is 17.8 Å². The zero-order valence-electron chi connectivity index (χ0n) is 9.14. The summed E-state index contributed by atoms with van der Waals surface area (Å²) in [7, 11) is 0. The standard InChI is InChI=1S/C11H13N3O2S/c15-9-4-2-1-3-8(9)14-10(16)7-17-11-12-5-6-13-11/h1-4,15H,5-7H2,(H,12,13)(H,14,16). The summed E-state index contributed by atoms with van der Waals surface area (Å²) in [5.74, 6) is 0.190. The number of nitrogens with zero attached hydrogens (tertiary/aromatic N) is 1. The molecule has 1 aliphatic rings. The van der Waals surface area contributed by atoms with Crippen LogP contribution in [0, 0.1) is 0 Å². The zero-order chi connectivity index (χ0) is 12.1. The van der Waals surface area contributed by atoms with Crippen LogP contribution in [0.25, 0.3) is 0 Å². The molecule has 0 unspecified atom stereocenters. The smallest absolute Gasteiger partial charge is 0.234 e. The molecule has 0 aliphatic carbocycles. The number of amides is 1. The molecule has 0 bridgehead atoms. The molecule has 0 aromatic heterocycles. The summed E-state index contributed by atoms with van der Waals surface area (Å²) in [6.45, 7) is 1.60. The van der Waals surface area contributed by atoms with Crippen LogP contribution in [0.3, 0.4) is 0 Å². The number of anilines is 1. The van der Waals surface area contributed by atoms with E-state index in [-0.39, 0.29) is 17.4 Å². The highest BCUT2D eigenvalue weighted by Crippen LogP contribution is 2.21. The number of hydrogen-bond acceptors (Lipinski definition) is 5. The second kappa shape index (κ2) is 5.58. The average Bonchev–Trinajstić information content (AvgIpc) is 2.82. The molecule has 6 heteroatoms. The number of nitrogens with one attached hydrogen (secondary N) is 2. The van der Waals surface area contributed by atoms with Crippen LogP contribution in [0.2, 0.25) is 0 Å². The summed E-state index contributed by atoms with van der Waals surface area (Å²) in [6, 6.07) is 6.65. The van der Waals surface area contributed by atoms with Crippen molar-refractivity contribution in [1.29, 1.82) is 0 Å². The molecule has 1 aliphatic heterocycles. The van der Waals surface area contributed by atoms with Crippen LogP contribution >= 0.6 is 11.8 Å². The fourth-order valence-electron chi connectivity index (χ4n) is 1.37. The molecule has 3 N–H and O–H groups in total. The molecular weight excluding hydrogens is 238 g/mol. The highest BCUT2D eigenvalue weighted by Gasteiger charge is 2.10. The number of aliphatic imine (C=N–C) groups is 1. The Morgan fingerprint density at radius 2 is 2.35 bits per heavy atom. The van der Waals surface area contributed by atoms with E-state index in [0.29, 0.717) is 5.69 Å². The molecule has 0 fully saturated rings. The first-order chi connectivity index (χ1) is 8.25. The van der Waals surface area contributed by atoms with Gasteiger partial charge in [0.15, 0.2) is 5.17 Å². The Hall–Kier alpha value is -1.69. The molecule has 1 amide bonds. The quantitative estimate of drug-likeness (QED) is 0.701. The van der Waals surface area contributed by atoms with Gasteiger partial charge in [-0.2, -0.15) is 0 Å². The van der Waals surface area contributed by atoms with Crippen molar-refractivity contribution in [2.24, 2.45) is 4.99 Å². The number of para-hydroxylation sites is 2. The van der Waals surface area contributed by atoms with Crippen molar-refractivity contribution in [2.75, 3.05) is 24.2 Å². The normalized spacial score (nSPS) is 14.0. The van der Waals surface area contributed by atoms with Crippen LogP contribution in [0.4, 0.5) is 5.69 Å². The molecule has 17 heavy (non-hydrogen) atoms. The summed E-state index contributed by atoms with van der Waals surface area (Å²) in [5.41, 5.74) is 0.430. The molecule has 0 saturated heterocycles. The first kappa shape index (κ1) is 11.8. The Bertz CT molecular complexity index is 448. The van der Waals surface area contributed by atoms with Gasteiger partial charge in [-0.3, -0.25) is 9.79 Å². The Balaban J connectivity index is 1.83. The monoisotopic (exact) mass is 251 g/mol. The highest BCUT2D eigenvalue weighted by molar-refractivity contribution is 8.14. The molecule has 90 valence electrons. The van der Waals surface area contributed by atoms with Gasteiger partial charge in [0.2, 0.25) is 5.91 Å². The average molecular weight is 251 g/mol. The number of aromatic hydroxyl groups is 1. The lowest BCUT2D eigenvalue weighted by Gasteiger charge is -2.06. The van der Waals surface area contributed by atoms with Gasteiger partial charge in [-0.05, 0) is 12.1 Å². The van der Waals surface area contributed by atoms with E-state index in [9.17, 15) is 9.90 Å². The maximum absolute atomic E-state index is 11.6. The van der Waals surface area contributed by atoms with E-state index in [0.717, 1.165) is 18.3 Å². The van der Waals surface area contributed by atoms with E-state index in [1.54, 1.807) is 18.2 Å². The highest BCUT2D eigenvalue weighted by atomic mass is 32.2. The third kappa shape index (κ3) is 3.39. The van der Waals surface area contributed by atoms with E-state index >= 15 is 0 Å². The van der Waals surface area contributed by atoms with Crippen molar-refractivity contribution in [1.82, 2.24) is 5.32 Å². The number of carbonyl (C=O) groups excluding carboxylic acids is 1. The van der Waals surface area contributed by atoms with Gasteiger partial charge in [-0.15, -0.1) is 0 Å². The zero-order valence-corrected chi connectivity index (χ0v) is 9.96. The second-order valence-corrected chi connectivity index (χ2v) is 4.43. The van der Waals surface area contributed by atoms with E-state index in [1.807, 2.05) is 0 Å². The Labute approximate surface area is 103 Å². The SMILES string of the molecule is O=C(CSC1=NCCN1)Nc1ccccc1O. The van der Waals surface area contributed by atoms with Crippen LogP contribution < -0.4 is 10.6 Å². The van der Waals surface area contributed by atoms with E-state index in [2.05, 4.69) is 15.6 Å². The van der Waals surface area contributed by atoms with Gasteiger partial charge in [-0.1, -0.05) is 23.9 Å². The fourth-order valence-corrected chi connectivity index (χ4v) is 2.10. The van der Waals surface area contributed by atoms with Gasteiger partial charge in [0, 0.05) is 6.54 Å². The minimum absolute atomic E-state index is 0.0715. The number of hydrogen-bond donors (Lipinski definition) is 3. The molecule has 5 nitrogen and oxygen atoms in total. The molecule has 0 spiro atoms. The largest absolute Gasteiger partial charge is 0.506 e. The maximum atomic E-state index is 11.6. The van der Waals surface area contributed by atoms with Gasteiger partial charge in [-0.25, -0.2) is 0 Å². The fraction of sp³-hybridized carbons (Fsp3) is 0.273. The Morgan fingerprint density at radius 3 is 3.06 bits per heavy atom. The second-order valence-electron chi connectivity index (χ2n) is 3.47. The van der Waals surface area contributed by atoms with Gasteiger partial charge in [0.1, 0.15) is 5.75 Å². The minimum Gasteiger partial charge on any atom is -0.506 e. The number of phenolic OH excluding ortho intramolecular Hbond substituents is 1. The first-order valence-corrected chi connectivity index (χ1v) is 6.23. The molecule has 0 atom stereocenters. The number of phenols is 1. The van der Waals surface area contributed by atoms with Crippen molar-refractivity contribution in [3.63, 3.8) is 0 Å². The summed E-state index contributed by atoms with van der Waals surface area (Å²) < 4.78 is 0. The third-order valence-electron chi connectivity index (χ3n) is 2.16. The lowest BCUT2D eigenvalue weighted by molar-refractivity contribution is -0.113. The topological polar surface area (TPSA) is 73.7 Å². The third-order valence-corrected chi connectivity index (χ3v) is 3.11. The van der Waals surface area contributed by atoms with E-state index in [4.69, 9.17) is 0 Å². The maximum Gasteiger partial charge on any atom is 0.234 e. The van der Waals surface area contributed by atoms with Crippen molar-refractivity contribution in [3.05, 3.63) is 24.3 Å². The molecule has 1 heterocycles. The van der Waals surface area contributed by atoms with Crippen LogP contribution in [-0.2, 0) is 4.79 Å². The summed E-state index contributed by atoms with van der Waals surface area (Å²) in [5, 5.41) is 16.0. The van der Waals surface area contributed by atoms with Crippen molar-refractivity contribution in [2.45, 2.75) is 0 Å². The van der Waals surface area contributed by atoms with Crippen LogP contribution in [0.5, 0.6) is 5.75 Å². The number of amidine groups is 1. The van der Waals surface area contributed by atoms with Crippen molar-refractivity contribution in [3.8, 4) is 5.75 Å². The van der Waals surface area contributed by atoms with E-state index < -0.39 is 0 Å². The number of thioether (sulfide) groups is 1. The molecular formula is C11H13N3O2S. The minimum atomic E-state index is -0.159. The number of benzene rings is 1. The van der Waals surface area contributed by atoms with Crippen molar-refractivity contribution < 1.29 is 9.90 Å².